The Morgan fingerprint density at radius 3 is 2.35 bits per heavy atom. The van der Waals surface area contributed by atoms with E-state index in [1.54, 1.807) is 13.8 Å². The van der Waals surface area contributed by atoms with Crippen LogP contribution in [0, 0.1) is 5.92 Å². The molecule has 17 heavy (non-hydrogen) atoms. The first kappa shape index (κ1) is 16.3. The zero-order chi connectivity index (χ0) is 13.7. The van der Waals surface area contributed by atoms with E-state index in [0.717, 1.165) is 0 Å². The first-order valence-corrected chi connectivity index (χ1v) is 7.19. The summed E-state index contributed by atoms with van der Waals surface area (Å²) < 4.78 is 30.5. The predicted octanol–water partition coefficient (Wildman–Crippen LogP) is -0.158. The number of ether oxygens (including phenoxy) is 1. The van der Waals surface area contributed by atoms with Crippen LogP contribution in [0.15, 0.2) is 0 Å². The minimum absolute atomic E-state index is 0.0180. The van der Waals surface area contributed by atoms with Gasteiger partial charge in [-0.2, -0.15) is 0 Å². The molecule has 0 bridgehead atoms. The topological polar surface area (TPSA) is 98.5 Å². The molecule has 0 saturated carbocycles. The number of esters is 1. The molecular weight excluding hydrogens is 244 g/mol. The van der Waals surface area contributed by atoms with E-state index in [-0.39, 0.29) is 19.1 Å². The molecule has 7 heteroatoms. The summed E-state index contributed by atoms with van der Waals surface area (Å²) in [7, 11) is -3.72. The van der Waals surface area contributed by atoms with Crippen molar-refractivity contribution in [2.75, 3.05) is 18.9 Å². The number of nitrogens with two attached hydrogens (primary N) is 1. The molecule has 6 nitrogen and oxygen atoms in total. The molecule has 0 amide bonds. The second-order valence-electron chi connectivity index (χ2n) is 4.44. The summed E-state index contributed by atoms with van der Waals surface area (Å²) in [6, 6.07) is 0. The van der Waals surface area contributed by atoms with Crippen LogP contribution in [0.5, 0.6) is 0 Å². The van der Waals surface area contributed by atoms with Crippen LogP contribution in [0.2, 0.25) is 0 Å². The summed E-state index contributed by atoms with van der Waals surface area (Å²) in [5.74, 6) is -1.42. The predicted molar refractivity (Wildman–Crippen MR) is 65.9 cm³/mol. The van der Waals surface area contributed by atoms with Gasteiger partial charge in [-0.05, 0) is 19.8 Å². The second kappa shape index (κ2) is 6.32. The lowest BCUT2D eigenvalue weighted by Crippen LogP contribution is -2.55. The van der Waals surface area contributed by atoms with Crippen LogP contribution < -0.4 is 10.5 Å². The molecule has 0 aromatic carbocycles. The van der Waals surface area contributed by atoms with Crippen molar-refractivity contribution in [3.05, 3.63) is 0 Å². The molecule has 3 N–H and O–H groups in total. The summed E-state index contributed by atoms with van der Waals surface area (Å²) in [6.45, 7) is 7.37. The highest BCUT2D eigenvalue weighted by Gasteiger charge is 2.32. The lowest BCUT2D eigenvalue weighted by Gasteiger charge is -2.32. The Morgan fingerprint density at radius 1 is 1.47 bits per heavy atom. The molecule has 1 atom stereocenters. The monoisotopic (exact) mass is 266 g/mol. The summed E-state index contributed by atoms with van der Waals surface area (Å²) in [5.41, 5.74) is 4.80. The van der Waals surface area contributed by atoms with Gasteiger partial charge < -0.3 is 10.5 Å². The van der Waals surface area contributed by atoms with E-state index >= 15 is 0 Å². The molecule has 0 aromatic heterocycles. The van der Waals surface area contributed by atoms with Gasteiger partial charge in [0.1, 0.15) is 0 Å². The van der Waals surface area contributed by atoms with Gasteiger partial charge in [0.15, 0.2) is 5.75 Å². The second-order valence-corrected chi connectivity index (χ2v) is 6.16. The normalized spacial score (nSPS) is 15.6. The van der Waals surface area contributed by atoms with Crippen LogP contribution in [-0.2, 0) is 19.6 Å². The van der Waals surface area contributed by atoms with Gasteiger partial charge in [0, 0.05) is 12.1 Å². The molecule has 0 radical (unpaired) electrons. The summed E-state index contributed by atoms with van der Waals surface area (Å²) >= 11 is 0. The van der Waals surface area contributed by atoms with E-state index in [1.807, 2.05) is 13.8 Å². The largest absolute Gasteiger partial charge is 0.465 e. The fourth-order valence-corrected chi connectivity index (χ4v) is 2.64. The fourth-order valence-electron chi connectivity index (χ4n) is 1.14. The first-order valence-electron chi connectivity index (χ1n) is 5.54. The number of carbonyl (C=O) groups excluding carboxylic acids is 1. The number of hydrogen-bond donors (Lipinski definition) is 2. The van der Waals surface area contributed by atoms with Gasteiger partial charge in [0.2, 0.25) is 10.0 Å². The number of sulfonamides is 1. The van der Waals surface area contributed by atoms with Crippen molar-refractivity contribution in [3.8, 4) is 0 Å². The van der Waals surface area contributed by atoms with Gasteiger partial charge in [0.05, 0.1) is 6.61 Å². The molecule has 1 unspecified atom stereocenters. The van der Waals surface area contributed by atoms with Crippen LogP contribution in [0.4, 0.5) is 0 Å². The van der Waals surface area contributed by atoms with Crippen molar-refractivity contribution in [1.82, 2.24) is 4.72 Å². The summed E-state index contributed by atoms with van der Waals surface area (Å²) in [6.07, 6.45) is 0. The third-order valence-corrected chi connectivity index (χ3v) is 4.09. The number of carbonyl (C=O) groups is 1. The Kier molecular flexibility index (Phi) is 6.08. The van der Waals surface area contributed by atoms with Crippen LogP contribution in [-0.4, -0.2) is 38.8 Å². The molecule has 102 valence electrons. The van der Waals surface area contributed by atoms with E-state index in [9.17, 15) is 13.2 Å². The number of rotatable bonds is 7. The maximum atomic E-state index is 11.7. The maximum Gasteiger partial charge on any atom is 0.322 e. The zero-order valence-electron chi connectivity index (χ0n) is 10.8. The van der Waals surface area contributed by atoms with Crippen LogP contribution >= 0.6 is 0 Å². The summed E-state index contributed by atoms with van der Waals surface area (Å²) in [4.78, 5) is 11.1. The van der Waals surface area contributed by atoms with Gasteiger partial charge in [-0.25, -0.2) is 13.1 Å². The Morgan fingerprint density at radius 2 is 2.00 bits per heavy atom. The van der Waals surface area contributed by atoms with Gasteiger partial charge >= 0.3 is 5.97 Å². The van der Waals surface area contributed by atoms with Crippen molar-refractivity contribution >= 4 is 16.0 Å². The highest BCUT2D eigenvalue weighted by Crippen LogP contribution is 2.16. The molecule has 0 fully saturated rings. The number of nitrogens with one attached hydrogen (secondary N) is 1. The highest BCUT2D eigenvalue weighted by atomic mass is 32.2. The van der Waals surface area contributed by atoms with Crippen molar-refractivity contribution in [1.29, 1.82) is 0 Å². The zero-order valence-corrected chi connectivity index (χ0v) is 11.6. The van der Waals surface area contributed by atoms with E-state index in [0.29, 0.717) is 0 Å². The summed E-state index contributed by atoms with van der Waals surface area (Å²) in [5, 5.41) is 0. The van der Waals surface area contributed by atoms with Crippen molar-refractivity contribution in [3.63, 3.8) is 0 Å². The minimum atomic E-state index is -3.72. The average Bonchev–Trinajstić information content (AvgIpc) is 2.15. The van der Waals surface area contributed by atoms with E-state index in [1.165, 1.54) is 0 Å². The van der Waals surface area contributed by atoms with Gasteiger partial charge in [-0.3, -0.25) is 4.79 Å². The Balaban J connectivity index is 4.69. The smallest absolute Gasteiger partial charge is 0.322 e. The molecule has 0 rings (SSSR count). The molecule has 0 spiro atoms. The van der Waals surface area contributed by atoms with E-state index < -0.39 is 27.3 Å². The minimum Gasteiger partial charge on any atom is -0.465 e. The standard InChI is InChI=1S/C10H22N2O4S/c1-5-16-9(13)6-17(14,15)12-10(4,7-11)8(2)3/h8,12H,5-7,11H2,1-4H3. The van der Waals surface area contributed by atoms with Crippen LogP contribution in [0.1, 0.15) is 27.7 Å². The molecule has 0 saturated heterocycles. The van der Waals surface area contributed by atoms with Crippen molar-refractivity contribution in [2.24, 2.45) is 11.7 Å². The average molecular weight is 266 g/mol. The van der Waals surface area contributed by atoms with Gasteiger partial charge in [0.25, 0.3) is 0 Å². The Hall–Kier alpha value is -0.660. The lowest BCUT2D eigenvalue weighted by molar-refractivity contribution is -0.139. The lowest BCUT2D eigenvalue weighted by atomic mass is 9.90. The van der Waals surface area contributed by atoms with Gasteiger partial charge in [-0.1, -0.05) is 13.8 Å². The fraction of sp³-hybridized carbons (Fsp3) is 0.900. The maximum absolute atomic E-state index is 11.7. The van der Waals surface area contributed by atoms with Crippen molar-refractivity contribution < 1.29 is 17.9 Å². The van der Waals surface area contributed by atoms with Crippen molar-refractivity contribution in [2.45, 2.75) is 33.2 Å². The Bertz CT molecular complexity index is 353. The molecule has 0 aromatic rings. The van der Waals surface area contributed by atoms with E-state index in [2.05, 4.69) is 9.46 Å². The first-order chi connectivity index (χ1) is 7.67. The van der Waals surface area contributed by atoms with Crippen LogP contribution in [0.3, 0.4) is 0 Å². The molecule has 0 aliphatic carbocycles. The van der Waals surface area contributed by atoms with Crippen LogP contribution in [0.25, 0.3) is 0 Å². The molecule has 0 heterocycles. The molecule has 0 aliphatic heterocycles. The van der Waals surface area contributed by atoms with E-state index in [4.69, 9.17) is 5.73 Å². The third kappa shape index (κ3) is 5.47. The molecule has 0 aliphatic rings. The highest BCUT2D eigenvalue weighted by molar-refractivity contribution is 7.90. The SMILES string of the molecule is CCOC(=O)CS(=O)(=O)NC(C)(CN)C(C)C. The quantitative estimate of drug-likeness (QED) is 0.624. The number of hydrogen-bond acceptors (Lipinski definition) is 5. The third-order valence-electron chi connectivity index (χ3n) is 2.70. The molecular formula is C10H22N2O4S. The Labute approximate surface area is 103 Å². The van der Waals surface area contributed by atoms with Gasteiger partial charge in [-0.15, -0.1) is 0 Å².